The van der Waals surface area contributed by atoms with E-state index in [0.29, 0.717) is 49.0 Å². The van der Waals surface area contributed by atoms with Crippen LogP contribution in [0.1, 0.15) is 66.9 Å². The molecule has 8 nitrogen and oxygen atoms in total. The molecule has 2 fully saturated rings. The number of aromatic nitrogens is 1. The molecule has 1 N–H and O–H groups in total. The van der Waals surface area contributed by atoms with E-state index in [9.17, 15) is 18.3 Å². The fourth-order valence-corrected chi connectivity index (χ4v) is 7.90. The molecule has 1 aliphatic carbocycles. The minimum atomic E-state index is -3.16. The van der Waals surface area contributed by atoms with Crippen LogP contribution in [0.3, 0.4) is 0 Å². The molecule has 1 saturated carbocycles. The lowest BCUT2D eigenvalue weighted by Gasteiger charge is -2.29. The van der Waals surface area contributed by atoms with E-state index in [-0.39, 0.29) is 12.0 Å². The van der Waals surface area contributed by atoms with Gasteiger partial charge in [-0.25, -0.2) is 17.8 Å². The molecule has 44 heavy (non-hydrogen) atoms. The number of carbonyl (C=O) groups is 1. The molecule has 3 aromatic rings. The molecule has 6 rings (SSSR count). The van der Waals surface area contributed by atoms with Crippen molar-refractivity contribution >= 4 is 15.8 Å². The topological polar surface area (TPSA) is 106 Å². The highest BCUT2D eigenvalue weighted by molar-refractivity contribution is 7.91. The van der Waals surface area contributed by atoms with Gasteiger partial charge in [-0.2, -0.15) is 0 Å². The van der Waals surface area contributed by atoms with Crippen LogP contribution in [0.5, 0.6) is 11.6 Å². The number of aryl methyl sites for hydroxylation is 1. The normalized spacial score (nSPS) is 21.7. The molecule has 0 amide bonds. The van der Waals surface area contributed by atoms with E-state index < -0.39 is 32.8 Å². The number of pyridine rings is 1. The molecule has 3 aliphatic rings. The number of carboxylic acids is 1. The molecule has 234 valence electrons. The maximum Gasteiger partial charge on any atom is 0.306 e. The molecule has 2 aliphatic heterocycles. The van der Waals surface area contributed by atoms with Crippen molar-refractivity contribution in [2.45, 2.75) is 62.8 Å². The van der Waals surface area contributed by atoms with Gasteiger partial charge in [0.1, 0.15) is 17.7 Å². The molecule has 3 heterocycles. The monoisotopic (exact) mass is 622 g/mol. The highest BCUT2D eigenvalue weighted by Gasteiger charge is 2.39. The summed E-state index contributed by atoms with van der Waals surface area (Å²) < 4.78 is 51.5. The van der Waals surface area contributed by atoms with E-state index in [1.807, 2.05) is 18.2 Å². The van der Waals surface area contributed by atoms with Crippen molar-refractivity contribution in [1.29, 1.82) is 0 Å². The lowest BCUT2D eigenvalue weighted by Crippen LogP contribution is -2.26. The van der Waals surface area contributed by atoms with Crippen LogP contribution in [0.25, 0.3) is 11.1 Å². The number of sulfone groups is 1. The molecule has 1 aromatic heterocycles. The number of aliphatic carboxylic acids is 1. The van der Waals surface area contributed by atoms with Crippen LogP contribution in [-0.2, 0) is 27.6 Å². The van der Waals surface area contributed by atoms with Gasteiger partial charge in [-0.1, -0.05) is 37.3 Å². The first kappa shape index (κ1) is 30.5. The van der Waals surface area contributed by atoms with Crippen molar-refractivity contribution < 1.29 is 32.2 Å². The SMILES string of the molecule is COc1cc(-c2ccc(C3CCc4ccc(C(C5CC5)[C@H](C)C(=O)O)cc4O3)cc2CN2CC[C@@H](S(C)(=O)=O)C2)c(F)cn1. The van der Waals surface area contributed by atoms with Crippen LogP contribution in [-0.4, -0.2) is 61.1 Å². The quantitative estimate of drug-likeness (QED) is 0.303. The Morgan fingerprint density at radius 1 is 1.14 bits per heavy atom. The lowest BCUT2D eigenvalue weighted by molar-refractivity contribution is -0.142. The van der Waals surface area contributed by atoms with Gasteiger partial charge in [-0.15, -0.1) is 0 Å². The third-order valence-corrected chi connectivity index (χ3v) is 11.1. The first-order chi connectivity index (χ1) is 21.0. The summed E-state index contributed by atoms with van der Waals surface area (Å²) in [5.74, 6) is -0.297. The third-order valence-electron chi connectivity index (χ3n) is 9.54. The smallest absolute Gasteiger partial charge is 0.306 e. The summed E-state index contributed by atoms with van der Waals surface area (Å²) in [6.07, 6.45) is 6.44. The van der Waals surface area contributed by atoms with Gasteiger partial charge in [0.05, 0.1) is 24.5 Å². The fraction of sp³-hybridized carbons (Fsp3) is 0.471. The number of nitrogens with zero attached hydrogens (tertiary/aromatic N) is 2. The number of halogens is 1. The number of methoxy groups -OCH3 is 1. The van der Waals surface area contributed by atoms with Gasteiger partial charge in [0, 0.05) is 31.0 Å². The molecule has 2 aromatic carbocycles. The van der Waals surface area contributed by atoms with Crippen LogP contribution in [0.2, 0.25) is 0 Å². The molecule has 1 saturated heterocycles. The van der Waals surface area contributed by atoms with Gasteiger partial charge in [-0.05, 0) is 84.4 Å². The minimum Gasteiger partial charge on any atom is -0.485 e. The Kier molecular flexibility index (Phi) is 8.41. The Morgan fingerprint density at radius 3 is 2.61 bits per heavy atom. The number of rotatable bonds is 10. The Morgan fingerprint density at radius 2 is 1.93 bits per heavy atom. The number of likely N-dealkylation sites (tertiary alicyclic amines) is 1. The molecule has 2 unspecified atom stereocenters. The van der Waals surface area contributed by atoms with Gasteiger partial charge in [0.15, 0.2) is 9.84 Å². The largest absolute Gasteiger partial charge is 0.485 e. The van der Waals surface area contributed by atoms with Crippen LogP contribution in [0.15, 0.2) is 48.7 Å². The van der Waals surface area contributed by atoms with Crippen LogP contribution >= 0.6 is 0 Å². The van der Waals surface area contributed by atoms with Crippen LogP contribution in [0.4, 0.5) is 4.39 Å². The van der Waals surface area contributed by atoms with E-state index in [2.05, 4.69) is 28.1 Å². The first-order valence-electron chi connectivity index (χ1n) is 15.3. The number of benzene rings is 2. The zero-order valence-electron chi connectivity index (χ0n) is 25.3. The highest BCUT2D eigenvalue weighted by atomic mass is 32.2. The average molecular weight is 623 g/mol. The third kappa shape index (κ3) is 6.33. The number of hydrogen-bond donors (Lipinski definition) is 1. The number of ether oxygens (including phenoxy) is 2. The van der Waals surface area contributed by atoms with E-state index in [4.69, 9.17) is 9.47 Å². The van der Waals surface area contributed by atoms with Gasteiger partial charge in [-0.3, -0.25) is 9.69 Å². The maximum absolute atomic E-state index is 15.1. The van der Waals surface area contributed by atoms with Crippen LogP contribution < -0.4 is 9.47 Å². The lowest BCUT2D eigenvalue weighted by atomic mass is 9.82. The molecule has 0 bridgehead atoms. The van der Waals surface area contributed by atoms with Gasteiger partial charge in [0.25, 0.3) is 0 Å². The van der Waals surface area contributed by atoms with E-state index in [1.54, 1.807) is 13.0 Å². The predicted molar refractivity (Wildman–Crippen MR) is 165 cm³/mol. The summed E-state index contributed by atoms with van der Waals surface area (Å²) in [7, 11) is -1.67. The van der Waals surface area contributed by atoms with Crippen molar-refractivity contribution in [2.24, 2.45) is 11.8 Å². The summed E-state index contributed by atoms with van der Waals surface area (Å²) in [5, 5.41) is 9.34. The van der Waals surface area contributed by atoms with Crippen molar-refractivity contribution in [2.75, 3.05) is 26.5 Å². The Labute approximate surface area is 258 Å². The van der Waals surface area contributed by atoms with Gasteiger partial charge in [0.2, 0.25) is 5.88 Å². The first-order valence-corrected chi connectivity index (χ1v) is 17.2. The second-order valence-corrected chi connectivity index (χ2v) is 14.9. The summed E-state index contributed by atoms with van der Waals surface area (Å²) in [6.45, 7) is 3.31. The molecular formula is C34H39FN2O6S. The van der Waals surface area contributed by atoms with Crippen molar-refractivity contribution in [3.63, 3.8) is 0 Å². The average Bonchev–Trinajstić information content (AvgIpc) is 3.72. The predicted octanol–water partition coefficient (Wildman–Crippen LogP) is 5.80. The summed E-state index contributed by atoms with van der Waals surface area (Å²) in [5.41, 5.74) is 5.01. The number of fused-ring (bicyclic) bond motifs is 1. The Balaban J connectivity index is 1.32. The zero-order chi connectivity index (χ0) is 31.2. The summed E-state index contributed by atoms with van der Waals surface area (Å²) in [6, 6.07) is 13.7. The molecular weight excluding hydrogens is 583 g/mol. The zero-order valence-corrected chi connectivity index (χ0v) is 26.1. The van der Waals surface area contributed by atoms with E-state index in [0.717, 1.165) is 59.9 Å². The molecule has 4 atom stereocenters. The van der Waals surface area contributed by atoms with Gasteiger partial charge < -0.3 is 14.6 Å². The van der Waals surface area contributed by atoms with E-state index in [1.165, 1.54) is 13.4 Å². The Bertz CT molecular complexity index is 1670. The minimum absolute atomic E-state index is 0.0452. The summed E-state index contributed by atoms with van der Waals surface area (Å²) in [4.78, 5) is 18.0. The van der Waals surface area contributed by atoms with Crippen molar-refractivity contribution in [3.05, 3.63) is 76.7 Å². The maximum atomic E-state index is 15.1. The van der Waals surface area contributed by atoms with Crippen LogP contribution in [0, 0.1) is 17.7 Å². The summed E-state index contributed by atoms with van der Waals surface area (Å²) >= 11 is 0. The fourth-order valence-electron chi connectivity index (χ4n) is 6.88. The second-order valence-electron chi connectivity index (χ2n) is 12.6. The van der Waals surface area contributed by atoms with Crippen molar-refractivity contribution in [1.82, 2.24) is 9.88 Å². The van der Waals surface area contributed by atoms with Gasteiger partial charge >= 0.3 is 5.97 Å². The molecule has 10 heteroatoms. The molecule has 0 radical (unpaired) electrons. The number of hydrogen-bond acceptors (Lipinski definition) is 7. The Hall–Kier alpha value is -3.50. The number of carboxylic acid groups (broad SMARTS) is 1. The van der Waals surface area contributed by atoms with Crippen molar-refractivity contribution in [3.8, 4) is 22.8 Å². The van der Waals surface area contributed by atoms with E-state index >= 15 is 4.39 Å². The standard InChI is InChI=1S/C34H39FN2O6S/c1-20(34(38)39)33(22-5-6-22)24-7-4-21-9-11-30(43-31(21)15-24)23-8-10-27(28-16-32(42-2)36-17-29(28)35)25(14-23)18-37-13-12-26(19-37)44(3,40)41/h4,7-8,10,14-17,20,22,26,30,33H,5-6,9,11-13,18-19H2,1-3H3,(H,38,39)/t20-,26+,30?,33?/m0/s1. The highest BCUT2D eigenvalue weighted by Crippen LogP contribution is 2.48. The second kappa shape index (κ2) is 12.1. The molecule has 0 spiro atoms.